The van der Waals surface area contributed by atoms with Crippen LogP contribution >= 0.6 is 27.5 Å². The van der Waals surface area contributed by atoms with E-state index in [9.17, 15) is 8.78 Å². The maximum atomic E-state index is 12.1. The number of nitriles is 1. The highest BCUT2D eigenvalue weighted by molar-refractivity contribution is 9.10. The molecule has 0 spiro atoms. The lowest BCUT2D eigenvalue weighted by atomic mass is 10.3. The Hall–Kier alpha value is -0.730. The van der Waals surface area contributed by atoms with Gasteiger partial charge in [-0.25, -0.2) is 13.8 Å². The van der Waals surface area contributed by atoms with Crippen molar-refractivity contribution in [2.24, 2.45) is 0 Å². The largest absolute Gasteiger partial charge is 0.280 e. The summed E-state index contributed by atoms with van der Waals surface area (Å²) in [5.41, 5.74) is -0.632. The number of pyridine rings is 1. The quantitative estimate of drug-likeness (QED) is 0.783. The fourth-order valence-corrected chi connectivity index (χ4v) is 1.20. The lowest BCUT2D eigenvalue weighted by Gasteiger charge is -2.02. The number of hydrogen-bond acceptors (Lipinski definition) is 2. The van der Waals surface area contributed by atoms with Crippen LogP contribution in [0.5, 0.6) is 0 Å². The molecule has 68 valence electrons. The monoisotopic (exact) mass is 266 g/mol. The van der Waals surface area contributed by atoms with Gasteiger partial charge in [-0.05, 0) is 22.0 Å². The van der Waals surface area contributed by atoms with E-state index in [0.29, 0.717) is 0 Å². The highest BCUT2D eigenvalue weighted by atomic mass is 79.9. The molecule has 1 aromatic rings. The first-order valence-corrected chi connectivity index (χ1v) is 4.27. The highest BCUT2D eigenvalue weighted by Gasteiger charge is 2.14. The van der Waals surface area contributed by atoms with Gasteiger partial charge in [0, 0.05) is 0 Å². The van der Waals surface area contributed by atoms with Crippen LogP contribution < -0.4 is 0 Å². The highest BCUT2D eigenvalue weighted by Crippen LogP contribution is 2.28. The topological polar surface area (TPSA) is 36.7 Å². The first kappa shape index (κ1) is 10.4. The zero-order valence-corrected chi connectivity index (χ0v) is 8.40. The van der Waals surface area contributed by atoms with Crippen molar-refractivity contribution in [1.29, 1.82) is 5.26 Å². The van der Waals surface area contributed by atoms with E-state index in [-0.39, 0.29) is 15.2 Å². The number of rotatable bonds is 1. The van der Waals surface area contributed by atoms with E-state index in [4.69, 9.17) is 16.9 Å². The summed E-state index contributed by atoms with van der Waals surface area (Å²) in [5, 5.41) is 8.56. The summed E-state index contributed by atoms with van der Waals surface area (Å²) in [5.74, 6) is 0. The van der Waals surface area contributed by atoms with Crippen molar-refractivity contribution in [3.63, 3.8) is 0 Å². The molecule has 0 aromatic carbocycles. The minimum absolute atomic E-state index is 0.0573. The van der Waals surface area contributed by atoms with E-state index < -0.39 is 12.1 Å². The van der Waals surface area contributed by atoms with Crippen LogP contribution in [0.2, 0.25) is 5.02 Å². The maximum Gasteiger partial charge on any atom is 0.280 e. The second kappa shape index (κ2) is 3.99. The zero-order valence-electron chi connectivity index (χ0n) is 6.06. The smallest absolute Gasteiger partial charge is 0.235 e. The van der Waals surface area contributed by atoms with Crippen LogP contribution in [0.3, 0.4) is 0 Å². The summed E-state index contributed by atoms with van der Waals surface area (Å²) in [4.78, 5) is 3.41. The van der Waals surface area contributed by atoms with Gasteiger partial charge in [-0.2, -0.15) is 5.26 Å². The van der Waals surface area contributed by atoms with Gasteiger partial charge in [0.15, 0.2) is 5.69 Å². The van der Waals surface area contributed by atoms with Crippen LogP contribution in [0.25, 0.3) is 0 Å². The molecule has 0 saturated carbocycles. The average Bonchev–Trinajstić information content (AvgIpc) is 2.09. The Bertz CT molecular complexity index is 375. The second-order valence-corrected chi connectivity index (χ2v) is 3.30. The third-order valence-electron chi connectivity index (χ3n) is 1.26. The molecule has 1 heterocycles. The predicted octanol–water partition coefficient (Wildman–Crippen LogP) is 3.31. The number of alkyl halides is 2. The van der Waals surface area contributed by atoms with Gasteiger partial charge < -0.3 is 0 Å². The van der Waals surface area contributed by atoms with E-state index in [0.717, 1.165) is 6.07 Å². The first-order chi connectivity index (χ1) is 6.06. The molecule has 0 amide bonds. The Morgan fingerprint density at radius 3 is 2.69 bits per heavy atom. The minimum atomic E-state index is -2.72. The molecule has 0 radical (unpaired) electrons. The predicted molar refractivity (Wildman–Crippen MR) is 46.6 cm³/mol. The Kier molecular flexibility index (Phi) is 3.17. The van der Waals surface area contributed by atoms with E-state index >= 15 is 0 Å². The third kappa shape index (κ3) is 2.14. The maximum absolute atomic E-state index is 12.1. The molecule has 0 bridgehead atoms. The molecule has 0 fully saturated rings. The Labute approximate surface area is 86.3 Å². The molecular formula is C7H2BrClF2N2. The van der Waals surface area contributed by atoms with Gasteiger partial charge in [0.2, 0.25) is 0 Å². The van der Waals surface area contributed by atoms with Crippen molar-refractivity contribution in [3.8, 4) is 6.07 Å². The fraction of sp³-hybridized carbons (Fsp3) is 0.143. The number of aromatic nitrogens is 1. The summed E-state index contributed by atoms with van der Waals surface area (Å²) in [7, 11) is 0. The summed E-state index contributed by atoms with van der Waals surface area (Å²) in [6.45, 7) is 0. The van der Waals surface area contributed by atoms with Gasteiger partial charge >= 0.3 is 0 Å². The molecule has 0 aliphatic carbocycles. The number of nitrogens with zero attached hydrogens (tertiary/aromatic N) is 2. The van der Waals surface area contributed by atoms with Crippen molar-refractivity contribution in [3.05, 3.63) is 26.9 Å². The van der Waals surface area contributed by atoms with Gasteiger partial charge in [-0.3, -0.25) is 0 Å². The molecule has 1 aromatic heterocycles. The second-order valence-electron chi connectivity index (χ2n) is 2.10. The van der Waals surface area contributed by atoms with Crippen molar-refractivity contribution in [2.75, 3.05) is 0 Å². The zero-order chi connectivity index (χ0) is 10.0. The van der Waals surface area contributed by atoms with Crippen LogP contribution in [-0.2, 0) is 0 Å². The van der Waals surface area contributed by atoms with E-state index in [1.807, 2.05) is 0 Å². The lowest BCUT2D eigenvalue weighted by molar-refractivity contribution is 0.146. The molecule has 0 atom stereocenters. The third-order valence-corrected chi connectivity index (χ3v) is 2.59. The fourth-order valence-electron chi connectivity index (χ4n) is 0.703. The van der Waals surface area contributed by atoms with Crippen LogP contribution in [0, 0.1) is 11.3 Å². The van der Waals surface area contributed by atoms with Gasteiger partial charge in [0.1, 0.15) is 11.8 Å². The first-order valence-electron chi connectivity index (χ1n) is 3.10. The van der Waals surface area contributed by atoms with Crippen LogP contribution in [0.15, 0.2) is 10.5 Å². The van der Waals surface area contributed by atoms with Crippen molar-refractivity contribution in [1.82, 2.24) is 4.98 Å². The van der Waals surface area contributed by atoms with Crippen molar-refractivity contribution >= 4 is 27.5 Å². The Morgan fingerprint density at radius 1 is 1.62 bits per heavy atom. The van der Waals surface area contributed by atoms with Crippen LogP contribution in [-0.4, -0.2) is 4.98 Å². The molecule has 6 heteroatoms. The van der Waals surface area contributed by atoms with Crippen molar-refractivity contribution < 1.29 is 8.78 Å². The molecule has 2 nitrogen and oxygen atoms in total. The molecule has 0 unspecified atom stereocenters. The number of halogens is 4. The van der Waals surface area contributed by atoms with Gasteiger partial charge in [-0.15, -0.1) is 0 Å². The average molecular weight is 267 g/mol. The summed E-state index contributed by atoms with van der Waals surface area (Å²) in [6, 6.07) is 2.68. The van der Waals surface area contributed by atoms with Gasteiger partial charge in [-0.1, -0.05) is 11.6 Å². The summed E-state index contributed by atoms with van der Waals surface area (Å²) < 4.78 is 24.5. The van der Waals surface area contributed by atoms with Crippen LogP contribution in [0.4, 0.5) is 8.78 Å². The van der Waals surface area contributed by atoms with E-state index in [2.05, 4.69) is 20.9 Å². The Balaban J connectivity index is 3.32. The molecule has 1 rings (SSSR count). The normalized spacial score (nSPS) is 10.2. The van der Waals surface area contributed by atoms with E-state index in [1.54, 1.807) is 6.07 Å². The van der Waals surface area contributed by atoms with Gasteiger partial charge in [0.05, 0.1) is 9.50 Å². The molecular weight excluding hydrogens is 265 g/mol. The lowest BCUT2D eigenvalue weighted by Crippen LogP contribution is -1.94. The number of hydrogen-bond donors (Lipinski definition) is 0. The Morgan fingerprint density at radius 2 is 2.23 bits per heavy atom. The summed E-state index contributed by atoms with van der Waals surface area (Å²) in [6.07, 6.45) is -2.72. The molecule has 0 aliphatic rings. The van der Waals surface area contributed by atoms with E-state index in [1.165, 1.54) is 0 Å². The molecule has 13 heavy (non-hydrogen) atoms. The van der Waals surface area contributed by atoms with Gasteiger partial charge in [0.25, 0.3) is 6.43 Å². The summed E-state index contributed by atoms with van der Waals surface area (Å²) >= 11 is 8.53. The standard InChI is InChI=1S/C7H2BrClF2N2/c8-6-3(9)1-4(7(10)11)13-5(6)2-12/h1,7H. The molecule has 0 saturated heterocycles. The van der Waals surface area contributed by atoms with Crippen molar-refractivity contribution in [2.45, 2.75) is 6.43 Å². The van der Waals surface area contributed by atoms with Crippen LogP contribution in [0.1, 0.15) is 17.8 Å². The minimum Gasteiger partial charge on any atom is -0.235 e. The molecule has 0 N–H and O–H groups in total. The SMILES string of the molecule is N#Cc1nc(C(F)F)cc(Cl)c1Br. The molecule has 0 aliphatic heterocycles.